The topological polar surface area (TPSA) is 146 Å². The SMILES string of the molecule is CC(=O)Nc1ccc(C(=O)CCC(=O)NC[C@H]2CN(c3ccc(-c4ncn[nH]4)c(F)c3)C(=O)O2)cc1. The fourth-order valence-corrected chi connectivity index (χ4v) is 3.67. The van der Waals surface area contributed by atoms with Crippen LogP contribution in [0, 0.1) is 5.82 Å². The van der Waals surface area contributed by atoms with E-state index in [1.807, 2.05) is 0 Å². The van der Waals surface area contributed by atoms with Crippen LogP contribution in [0.2, 0.25) is 0 Å². The number of ether oxygens (including phenoxy) is 1. The highest BCUT2D eigenvalue weighted by molar-refractivity contribution is 5.98. The zero-order chi connectivity index (χ0) is 25.7. The van der Waals surface area contributed by atoms with Gasteiger partial charge in [0.2, 0.25) is 11.8 Å². The molecule has 1 fully saturated rings. The molecule has 0 bridgehead atoms. The first kappa shape index (κ1) is 24.5. The molecule has 0 radical (unpaired) electrons. The van der Waals surface area contributed by atoms with Gasteiger partial charge in [-0.2, -0.15) is 5.10 Å². The molecule has 4 rings (SSSR count). The Kier molecular flexibility index (Phi) is 7.33. The Morgan fingerprint density at radius 3 is 2.61 bits per heavy atom. The third-order valence-electron chi connectivity index (χ3n) is 5.44. The second kappa shape index (κ2) is 10.8. The number of aromatic amines is 1. The normalized spacial score (nSPS) is 14.9. The monoisotopic (exact) mass is 494 g/mol. The molecular weight excluding hydrogens is 471 g/mol. The summed E-state index contributed by atoms with van der Waals surface area (Å²) in [4.78, 5) is 53.1. The number of Topliss-reactive ketones (excluding diaryl/α,β-unsaturated/α-hetero) is 1. The van der Waals surface area contributed by atoms with Gasteiger partial charge in [-0.3, -0.25) is 24.4 Å². The van der Waals surface area contributed by atoms with Crippen molar-refractivity contribution in [1.29, 1.82) is 0 Å². The number of carbonyl (C=O) groups is 4. The number of aromatic nitrogens is 3. The van der Waals surface area contributed by atoms with Gasteiger partial charge in [0, 0.05) is 31.0 Å². The molecule has 0 saturated carbocycles. The van der Waals surface area contributed by atoms with Gasteiger partial charge in [0.1, 0.15) is 18.2 Å². The van der Waals surface area contributed by atoms with Crippen molar-refractivity contribution in [1.82, 2.24) is 20.5 Å². The van der Waals surface area contributed by atoms with E-state index < -0.39 is 18.0 Å². The quantitative estimate of drug-likeness (QED) is 0.388. The first-order valence-electron chi connectivity index (χ1n) is 11.1. The first-order chi connectivity index (χ1) is 17.3. The number of benzene rings is 2. The first-order valence-corrected chi connectivity index (χ1v) is 11.1. The Balaban J connectivity index is 1.24. The molecular formula is C24H23FN6O5. The molecule has 0 aliphatic carbocycles. The van der Waals surface area contributed by atoms with Crippen LogP contribution in [0.3, 0.4) is 0 Å². The number of anilines is 2. The van der Waals surface area contributed by atoms with Gasteiger partial charge in [-0.05, 0) is 42.5 Å². The summed E-state index contributed by atoms with van der Waals surface area (Å²) in [6.07, 6.45) is -0.0552. The molecule has 11 nitrogen and oxygen atoms in total. The van der Waals surface area contributed by atoms with Gasteiger partial charge >= 0.3 is 6.09 Å². The highest BCUT2D eigenvalue weighted by Gasteiger charge is 2.33. The molecule has 3 amide bonds. The predicted molar refractivity (Wildman–Crippen MR) is 127 cm³/mol. The summed E-state index contributed by atoms with van der Waals surface area (Å²) in [6.45, 7) is 1.57. The molecule has 1 aliphatic heterocycles. The molecule has 186 valence electrons. The molecule has 1 aliphatic rings. The highest BCUT2D eigenvalue weighted by atomic mass is 19.1. The molecule has 0 unspecified atom stereocenters. The van der Waals surface area contributed by atoms with Crippen molar-refractivity contribution in [3.8, 4) is 11.4 Å². The molecule has 3 aromatic rings. The summed E-state index contributed by atoms with van der Waals surface area (Å²) < 4.78 is 19.8. The standard InChI is InChI=1S/C24H23FN6O5/c1-14(32)29-16-4-2-15(3-5-16)21(33)8-9-22(34)26-11-18-12-31(24(35)36-18)17-6-7-19(20(25)10-17)23-27-13-28-30-23/h2-7,10,13,18H,8-9,11-12H2,1H3,(H,26,34)(H,29,32)(H,27,28,30)/t18-/m0/s1. The zero-order valence-corrected chi connectivity index (χ0v) is 19.3. The average molecular weight is 494 g/mol. The smallest absolute Gasteiger partial charge is 0.414 e. The summed E-state index contributed by atoms with van der Waals surface area (Å²) in [5.41, 5.74) is 1.53. The Morgan fingerprint density at radius 1 is 1.17 bits per heavy atom. The number of halogens is 1. The van der Waals surface area contributed by atoms with Crippen molar-refractivity contribution in [2.75, 3.05) is 23.3 Å². The third-order valence-corrected chi connectivity index (χ3v) is 5.44. The summed E-state index contributed by atoms with van der Waals surface area (Å²) in [6, 6.07) is 10.6. The second-order valence-electron chi connectivity index (χ2n) is 8.10. The van der Waals surface area contributed by atoms with Crippen LogP contribution >= 0.6 is 0 Å². The molecule has 1 saturated heterocycles. The zero-order valence-electron chi connectivity index (χ0n) is 19.3. The number of hydrogen-bond donors (Lipinski definition) is 3. The lowest BCUT2D eigenvalue weighted by molar-refractivity contribution is -0.121. The van der Waals surface area contributed by atoms with Gasteiger partial charge in [0.25, 0.3) is 0 Å². The minimum Gasteiger partial charge on any atom is -0.442 e. The third kappa shape index (κ3) is 5.90. The summed E-state index contributed by atoms with van der Waals surface area (Å²) >= 11 is 0. The van der Waals surface area contributed by atoms with E-state index >= 15 is 0 Å². The second-order valence-corrected chi connectivity index (χ2v) is 8.10. The molecule has 0 spiro atoms. The molecule has 2 aromatic carbocycles. The van der Waals surface area contributed by atoms with Gasteiger partial charge in [0.15, 0.2) is 11.6 Å². The average Bonchev–Trinajstić information content (AvgIpc) is 3.51. The van der Waals surface area contributed by atoms with E-state index in [2.05, 4.69) is 25.8 Å². The molecule has 1 atom stereocenters. The number of ketones is 1. The molecule has 2 heterocycles. The van der Waals surface area contributed by atoms with E-state index in [1.165, 1.54) is 30.3 Å². The molecule has 1 aromatic heterocycles. The molecule has 36 heavy (non-hydrogen) atoms. The Hall–Kier alpha value is -4.61. The van der Waals surface area contributed by atoms with Crippen LogP contribution in [0.5, 0.6) is 0 Å². The van der Waals surface area contributed by atoms with Crippen LogP contribution in [0.25, 0.3) is 11.4 Å². The summed E-state index contributed by atoms with van der Waals surface area (Å²) in [5.74, 6) is -1.11. The Morgan fingerprint density at radius 2 is 1.94 bits per heavy atom. The van der Waals surface area contributed by atoms with E-state index in [-0.39, 0.29) is 54.9 Å². The van der Waals surface area contributed by atoms with E-state index in [0.29, 0.717) is 16.9 Å². The number of carbonyl (C=O) groups excluding carboxylic acids is 4. The summed E-state index contributed by atoms with van der Waals surface area (Å²) in [7, 11) is 0. The number of rotatable bonds is 9. The van der Waals surface area contributed by atoms with Gasteiger partial charge in [-0.15, -0.1) is 0 Å². The van der Waals surface area contributed by atoms with Crippen LogP contribution in [0.15, 0.2) is 48.8 Å². The van der Waals surface area contributed by atoms with E-state index in [4.69, 9.17) is 4.74 Å². The van der Waals surface area contributed by atoms with Crippen LogP contribution < -0.4 is 15.5 Å². The number of cyclic esters (lactones) is 1. The van der Waals surface area contributed by atoms with Gasteiger partial charge < -0.3 is 15.4 Å². The van der Waals surface area contributed by atoms with Crippen LogP contribution in [0.4, 0.5) is 20.6 Å². The number of nitrogens with zero attached hydrogens (tertiary/aromatic N) is 3. The van der Waals surface area contributed by atoms with Gasteiger partial charge in [-0.25, -0.2) is 14.2 Å². The maximum atomic E-state index is 14.5. The van der Waals surface area contributed by atoms with Crippen LogP contribution in [-0.4, -0.2) is 58.1 Å². The number of hydrogen-bond acceptors (Lipinski definition) is 7. The van der Waals surface area contributed by atoms with Gasteiger partial charge in [-0.1, -0.05) is 0 Å². The maximum Gasteiger partial charge on any atom is 0.414 e. The van der Waals surface area contributed by atoms with Crippen molar-refractivity contribution in [3.05, 3.63) is 60.2 Å². The fourth-order valence-electron chi connectivity index (χ4n) is 3.67. The van der Waals surface area contributed by atoms with Crippen molar-refractivity contribution < 1.29 is 28.3 Å². The summed E-state index contributed by atoms with van der Waals surface area (Å²) in [5, 5.41) is 11.5. The van der Waals surface area contributed by atoms with Crippen molar-refractivity contribution >= 4 is 35.1 Å². The minimum absolute atomic E-state index is 0.00128. The number of nitrogens with one attached hydrogen (secondary N) is 3. The Bertz CT molecular complexity index is 1280. The van der Waals surface area contributed by atoms with Crippen LogP contribution in [0.1, 0.15) is 30.1 Å². The van der Waals surface area contributed by atoms with E-state index in [1.54, 1.807) is 30.3 Å². The van der Waals surface area contributed by atoms with Crippen molar-refractivity contribution in [2.24, 2.45) is 0 Å². The highest BCUT2D eigenvalue weighted by Crippen LogP contribution is 2.27. The lowest BCUT2D eigenvalue weighted by Gasteiger charge is -2.14. The fraction of sp³-hybridized carbons (Fsp3) is 0.250. The lowest BCUT2D eigenvalue weighted by atomic mass is 10.1. The molecule has 3 N–H and O–H groups in total. The number of amides is 3. The van der Waals surface area contributed by atoms with Crippen LogP contribution in [-0.2, 0) is 14.3 Å². The maximum absolute atomic E-state index is 14.5. The van der Waals surface area contributed by atoms with E-state index in [9.17, 15) is 23.6 Å². The number of H-pyrrole nitrogens is 1. The van der Waals surface area contributed by atoms with Crippen molar-refractivity contribution in [3.63, 3.8) is 0 Å². The lowest BCUT2D eigenvalue weighted by Crippen LogP contribution is -2.34. The van der Waals surface area contributed by atoms with Crippen molar-refractivity contribution in [2.45, 2.75) is 25.9 Å². The van der Waals surface area contributed by atoms with E-state index in [0.717, 1.165) is 0 Å². The minimum atomic E-state index is -0.654. The predicted octanol–water partition coefficient (Wildman–Crippen LogP) is 2.67. The Labute approximate surface area is 205 Å². The largest absolute Gasteiger partial charge is 0.442 e. The molecule has 12 heteroatoms. The van der Waals surface area contributed by atoms with Gasteiger partial charge in [0.05, 0.1) is 24.3 Å².